The molecule has 1 saturated carbocycles. The van der Waals surface area contributed by atoms with Crippen molar-refractivity contribution in [3.05, 3.63) is 70.7 Å². The summed E-state index contributed by atoms with van der Waals surface area (Å²) < 4.78 is 0. The molecule has 3 amide bonds. The second-order valence-corrected chi connectivity index (χ2v) is 7.69. The van der Waals surface area contributed by atoms with Gasteiger partial charge in [0.05, 0.1) is 6.04 Å². The van der Waals surface area contributed by atoms with Crippen LogP contribution in [-0.2, 0) is 11.3 Å². The van der Waals surface area contributed by atoms with E-state index in [-0.39, 0.29) is 24.4 Å². The molecule has 6 heteroatoms. The van der Waals surface area contributed by atoms with E-state index in [9.17, 15) is 9.59 Å². The summed E-state index contributed by atoms with van der Waals surface area (Å²) in [5.41, 5.74) is 2.14. The summed E-state index contributed by atoms with van der Waals surface area (Å²) >= 11 is 5.96. The molecule has 2 aromatic rings. The summed E-state index contributed by atoms with van der Waals surface area (Å²) in [5, 5.41) is 6.52. The molecule has 0 spiro atoms. The van der Waals surface area contributed by atoms with Gasteiger partial charge in [-0.05, 0) is 42.0 Å². The second kappa shape index (κ2) is 9.60. The molecular weight excluding hydrogens is 374 g/mol. The van der Waals surface area contributed by atoms with Crippen molar-refractivity contribution in [1.82, 2.24) is 15.5 Å². The van der Waals surface area contributed by atoms with E-state index in [4.69, 9.17) is 11.6 Å². The highest BCUT2D eigenvalue weighted by atomic mass is 35.5. The van der Waals surface area contributed by atoms with Gasteiger partial charge in [0, 0.05) is 31.6 Å². The van der Waals surface area contributed by atoms with Crippen LogP contribution in [0.5, 0.6) is 0 Å². The molecule has 2 aromatic carbocycles. The maximum atomic E-state index is 12.3. The summed E-state index contributed by atoms with van der Waals surface area (Å²) in [6.07, 6.45) is 2.48. The van der Waals surface area contributed by atoms with Crippen LogP contribution < -0.4 is 10.6 Å². The van der Waals surface area contributed by atoms with Gasteiger partial charge in [-0.25, -0.2) is 4.79 Å². The topological polar surface area (TPSA) is 61.4 Å². The molecule has 0 aromatic heterocycles. The van der Waals surface area contributed by atoms with Crippen LogP contribution >= 0.6 is 11.6 Å². The van der Waals surface area contributed by atoms with Crippen molar-refractivity contribution < 1.29 is 9.59 Å². The fourth-order valence-electron chi connectivity index (χ4n) is 3.18. The van der Waals surface area contributed by atoms with Gasteiger partial charge in [0.25, 0.3) is 0 Å². The van der Waals surface area contributed by atoms with Crippen LogP contribution in [0, 0.1) is 5.92 Å². The van der Waals surface area contributed by atoms with Crippen LogP contribution in [0.25, 0.3) is 0 Å². The molecule has 1 atom stereocenters. The fourth-order valence-corrected chi connectivity index (χ4v) is 3.31. The Kier molecular flexibility index (Phi) is 6.93. The van der Waals surface area contributed by atoms with Crippen molar-refractivity contribution in [2.75, 3.05) is 13.6 Å². The molecule has 0 bridgehead atoms. The van der Waals surface area contributed by atoms with E-state index in [0.717, 1.165) is 24.0 Å². The van der Waals surface area contributed by atoms with Crippen molar-refractivity contribution in [3.63, 3.8) is 0 Å². The number of carbonyl (C=O) groups is 2. The van der Waals surface area contributed by atoms with Crippen molar-refractivity contribution in [2.24, 2.45) is 5.92 Å². The van der Waals surface area contributed by atoms with Gasteiger partial charge in [0.2, 0.25) is 5.91 Å². The van der Waals surface area contributed by atoms with E-state index < -0.39 is 0 Å². The largest absolute Gasteiger partial charge is 0.341 e. The lowest BCUT2D eigenvalue weighted by atomic mass is 10.0. The van der Waals surface area contributed by atoms with Crippen LogP contribution in [0.1, 0.15) is 36.4 Å². The minimum Gasteiger partial charge on any atom is -0.341 e. The minimum atomic E-state index is -0.245. The average molecular weight is 400 g/mol. The molecule has 1 aliphatic rings. The van der Waals surface area contributed by atoms with Gasteiger partial charge in [0.1, 0.15) is 0 Å². The van der Waals surface area contributed by atoms with Gasteiger partial charge in [-0.3, -0.25) is 4.79 Å². The predicted molar refractivity (Wildman–Crippen MR) is 111 cm³/mol. The Hall–Kier alpha value is -2.53. The number of nitrogens with zero attached hydrogens (tertiary/aromatic N) is 1. The van der Waals surface area contributed by atoms with Crippen molar-refractivity contribution in [2.45, 2.75) is 31.8 Å². The highest BCUT2D eigenvalue weighted by molar-refractivity contribution is 6.30. The molecule has 2 N–H and O–H groups in total. The molecule has 5 nitrogen and oxygen atoms in total. The Labute approximate surface area is 171 Å². The number of carbonyl (C=O) groups excluding carboxylic acids is 2. The van der Waals surface area contributed by atoms with E-state index in [1.807, 2.05) is 54.6 Å². The zero-order chi connectivity index (χ0) is 19.9. The number of urea groups is 1. The molecular formula is C22H26ClN3O2. The SMILES string of the molecule is CN(Cc1ccccc1)C(=O)CCNC(=O)NC(c1ccc(Cl)cc1)C1CC1. The lowest BCUT2D eigenvalue weighted by molar-refractivity contribution is -0.130. The number of benzene rings is 2. The average Bonchev–Trinajstić information content (AvgIpc) is 3.53. The molecule has 0 saturated heterocycles. The Bertz CT molecular complexity index is 791. The summed E-state index contributed by atoms with van der Waals surface area (Å²) in [4.78, 5) is 26.2. The highest BCUT2D eigenvalue weighted by Crippen LogP contribution is 2.41. The van der Waals surface area contributed by atoms with Gasteiger partial charge >= 0.3 is 6.03 Å². The zero-order valence-corrected chi connectivity index (χ0v) is 16.8. The predicted octanol–water partition coefficient (Wildman–Crippen LogP) is 4.14. The molecule has 148 valence electrons. The minimum absolute atomic E-state index is 0.000553. The van der Waals surface area contributed by atoms with Crippen LogP contribution in [0.15, 0.2) is 54.6 Å². The van der Waals surface area contributed by atoms with Crippen LogP contribution in [0.4, 0.5) is 4.79 Å². The first-order valence-electron chi connectivity index (χ1n) is 9.60. The van der Waals surface area contributed by atoms with Gasteiger partial charge in [-0.1, -0.05) is 54.1 Å². The summed E-state index contributed by atoms with van der Waals surface area (Å²) in [6.45, 7) is 0.869. The monoisotopic (exact) mass is 399 g/mol. The summed E-state index contributed by atoms with van der Waals surface area (Å²) in [6, 6.07) is 17.2. The first-order chi connectivity index (χ1) is 13.5. The zero-order valence-electron chi connectivity index (χ0n) is 16.0. The first kappa shape index (κ1) is 20.2. The normalized spacial score (nSPS) is 14.2. The Morgan fingerprint density at radius 3 is 2.43 bits per heavy atom. The van der Waals surface area contributed by atoms with E-state index in [1.54, 1.807) is 11.9 Å². The fraction of sp³-hybridized carbons (Fsp3) is 0.364. The van der Waals surface area contributed by atoms with Gasteiger partial charge in [-0.15, -0.1) is 0 Å². The third-order valence-electron chi connectivity index (χ3n) is 4.92. The molecule has 1 aliphatic carbocycles. The lowest BCUT2D eigenvalue weighted by Crippen LogP contribution is -2.40. The number of hydrogen-bond donors (Lipinski definition) is 2. The number of rotatable bonds is 8. The molecule has 3 rings (SSSR count). The van der Waals surface area contributed by atoms with Gasteiger partial charge in [-0.2, -0.15) is 0 Å². The van der Waals surface area contributed by atoms with Gasteiger partial charge < -0.3 is 15.5 Å². The van der Waals surface area contributed by atoms with Crippen LogP contribution in [0.3, 0.4) is 0 Å². The maximum Gasteiger partial charge on any atom is 0.315 e. The smallest absolute Gasteiger partial charge is 0.315 e. The Balaban J connectivity index is 1.43. The molecule has 0 aliphatic heterocycles. The summed E-state index contributed by atoms with van der Waals surface area (Å²) in [7, 11) is 1.78. The molecule has 28 heavy (non-hydrogen) atoms. The number of amides is 3. The van der Waals surface area contributed by atoms with Crippen molar-refractivity contribution >= 4 is 23.5 Å². The molecule has 0 radical (unpaired) electrons. The molecule has 0 heterocycles. The summed E-state index contributed by atoms with van der Waals surface area (Å²) in [5.74, 6) is 0.464. The van der Waals surface area contributed by atoms with E-state index in [1.165, 1.54) is 0 Å². The number of halogens is 1. The quantitative estimate of drug-likeness (QED) is 0.700. The second-order valence-electron chi connectivity index (χ2n) is 7.25. The Morgan fingerprint density at radius 2 is 1.79 bits per heavy atom. The molecule has 1 fully saturated rings. The third kappa shape index (κ3) is 5.99. The molecule has 1 unspecified atom stereocenters. The van der Waals surface area contributed by atoms with Crippen molar-refractivity contribution in [1.29, 1.82) is 0 Å². The maximum absolute atomic E-state index is 12.3. The van der Waals surface area contributed by atoms with Crippen molar-refractivity contribution in [3.8, 4) is 0 Å². The van der Waals surface area contributed by atoms with E-state index in [0.29, 0.717) is 24.0 Å². The third-order valence-corrected chi connectivity index (χ3v) is 5.17. The van der Waals surface area contributed by atoms with E-state index >= 15 is 0 Å². The van der Waals surface area contributed by atoms with E-state index in [2.05, 4.69) is 10.6 Å². The standard InChI is InChI=1S/C22H26ClN3O2/c1-26(15-16-5-3-2-4-6-16)20(27)13-14-24-22(28)25-21(17-7-8-17)18-9-11-19(23)12-10-18/h2-6,9-12,17,21H,7-8,13-15H2,1H3,(H2,24,25,28). The van der Waals surface area contributed by atoms with Crippen LogP contribution in [0.2, 0.25) is 5.02 Å². The number of hydrogen-bond acceptors (Lipinski definition) is 2. The Morgan fingerprint density at radius 1 is 1.11 bits per heavy atom. The highest BCUT2D eigenvalue weighted by Gasteiger charge is 2.33. The first-order valence-corrected chi connectivity index (χ1v) is 9.98. The van der Waals surface area contributed by atoms with Crippen LogP contribution in [-0.4, -0.2) is 30.4 Å². The lowest BCUT2D eigenvalue weighted by Gasteiger charge is -2.20. The van der Waals surface area contributed by atoms with Gasteiger partial charge in [0.15, 0.2) is 0 Å². The number of nitrogens with one attached hydrogen (secondary N) is 2.